The number of nitrogens with zero attached hydrogens (tertiary/aromatic N) is 5. The van der Waals surface area contributed by atoms with Gasteiger partial charge in [0.15, 0.2) is 11.0 Å². The van der Waals surface area contributed by atoms with Crippen molar-refractivity contribution in [3.05, 3.63) is 131 Å². The largest absolute Gasteiger partial charge is 0.497 e. The fraction of sp³-hybridized carbons (Fsp3) is 0.216. The first-order chi connectivity index (χ1) is 24.0. The summed E-state index contributed by atoms with van der Waals surface area (Å²) in [5, 5.41) is 18.7. The van der Waals surface area contributed by atoms with Gasteiger partial charge >= 0.3 is 0 Å². The zero-order chi connectivity index (χ0) is 34.2. The van der Waals surface area contributed by atoms with Crippen LogP contribution in [-0.4, -0.2) is 64.4 Å². The lowest BCUT2D eigenvalue weighted by Gasteiger charge is -2.22. The zero-order valence-electron chi connectivity index (χ0n) is 27.4. The second-order valence-corrected chi connectivity index (χ2v) is 12.1. The zero-order valence-corrected chi connectivity index (χ0v) is 28.2. The van der Waals surface area contributed by atoms with Crippen LogP contribution in [0, 0.1) is 0 Å². The first-order valence-corrected chi connectivity index (χ1v) is 16.6. The summed E-state index contributed by atoms with van der Waals surface area (Å²) >= 11 is 1.28. The molecule has 0 unspecified atom stereocenters. The van der Waals surface area contributed by atoms with Crippen LogP contribution in [0.5, 0.6) is 17.2 Å². The molecule has 1 aromatic heterocycles. The Morgan fingerprint density at radius 1 is 0.816 bits per heavy atom. The van der Waals surface area contributed by atoms with Gasteiger partial charge in [0, 0.05) is 6.42 Å². The molecule has 11 nitrogen and oxygen atoms in total. The number of methoxy groups -OCH3 is 3. The van der Waals surface area contributed by atoms with Crippen LogP contribution in [0.25, 0.3) is 0 Å². The third kappa shape index (κ3) is 7.76. The molecule has 0 aliphatic carbocycles. The maximum Gasteiger partial charge on any atom is 0.255 e. The van der Waals surface area contributed by atoms with Crippen LogP contribution in [0.4, 0.5) is 0 Å². The molecule has 0 saturated carbocycles. The molecule has 0 fully saturated rings. The number of thioether (sulfide) groups is 1. The summed E-state index contributed by atoms with van der Waals surface area (Å²) in [5.41, 5.74) is 4.13. The molecule has 0 spiro atoms. The SMILES string of the molecule is COc1ccc(C2=NN(C(=O)CSc3nnc(CNC(=O)c4ccccc4OC)n3Cc3ccccc3)[C@H](c3ccc(OC)cc3)C2)cc1. The number of hydrazone groups is 1. The van der Waals surface area contributed by atoms with Crippen molar-refractivity contribution in [1.29, 1.82) is 0 Å². The molecule has 0 radical (unpaired) electrons. The number of nitrogens with one attached hydrogen (secondary N) is 1. The normalized spacial score (nSPS) is 13.9. The van der Waals surface area contributed by atoms with Gasteiger partial charge in [0.25, 0.3) is 11.8 Å². The Hall–Kier alpha value is -5.62. The first kappa shape index (κ1) is 33.3. The molecule has 1 atom stereocenters. The van der Waals surface area contributed by atoms with E-state index in [1.165, 1.54) is 18.9 Å². The molecule has 2 amide bonds. The molecule has 0 saturated heterocycles. The van der Waals surface area contributed by atoms with Gasteiger partial charge in [0.2, 0.25) is 0 Å². The summed E-state index contributed by atoms with van der Waals surface area (Å²) in [6.45, 7) is 0.592. The number of aromatic nitrogens is 3. The second-order valence-electron chi connectivity index (χ2n) is 11.1. The minimum atomic E-state index is -0.293. The number of amides is 2. The summed E-state index contributed by atoms with van der Waals surface area (Å²) in [7, 11) is 4.78. The van der Waals surface area contributed by atoms with Gasteiger partial charge in [0.05, 0.1) is 57.5 Å². The number of rotatable bonds is 13. The Kier molecular flexibility index (Phi) is 10.5. The van der Waals surface area contributed by atoms with Gasteiger partial charge in [-0.1, -0.05) is 66.4 Å². The Bertz CT molecular complexity index is 1930. The molecular formula is C37H36N6O5S. The van der Waals surface area contributed by atoms with Gasteiger partial charge in [0.1, 0.15) is 17.2 Å². The van der Waals surface area contributed by atoms with E-state index in [1.54, 1.807) is 37.4 Å². The molecule has 4 aromatic carbocycles. The fourth-order valence-corrected chi connectivity index (χ4v) is 6.35. The van der Waals surface area contributed by atoms with Gasteiger partial charge in [-0.15, -0.1) is 10.2 Å². The molecule has 6 rings (SSSR count). The van der Waals surface area contributed by atoms with E-state index in [9.17, 15) is 9.59 Å². The summed E-state index contributed by atoms with van der Waals surface area (Å²) in [5.74, 6) is 2.13. The highest BCUT2D eigenvalue weighted by atomic mass is 32.2. The Morgan fingerprint density at radius 3 is 2.18 bits per heavy atom. The lowest BCUT2D eigenvalue weighted by atomic mass is 9.98. The highest BCUT2D eigenvalue weighted by Gasteiger charge is 2.33. The van der Waals surface area contributed by atoms with Gasteiger partial charge in [-0.05, 0) is 65.2 Å². The third-order valence-electron chi connectivity index (χ3n) is 8.15. The van der Waals surface area contributed by atoms with E-state index >= 15 is 0 Å². The van der Waals surface area contributed by atoms with E-state index in [1.807, 2.05) is 89.5 Å². The number of carbonyl (C=O) groups excluding carboxylic acids is 2. The smallest absolute Gasteiger partial charge is 0.255 e. The molecule has 0 bridgehead atoms. The van der Waals surface area contributed by atoms with Crippen LogP contribution in [0.3, 0.4) is 0 Å². The molecule has 2 heterocycles. The molecule has 12 heteroatoms. The first-order valence-electron chi connectivity index (χ1n) is 15.6. The average molecular weight is 677 g/mol. The van der Waals surface area contributed by atoms with Crippen LogP contribution in [0.1, 0.15) is 45.3 Å². The van der Waals surface area contributed by atoms with Gasteiger partial charge < -0.3 is 24.1 Å². The van der Waals surface area contributed by atoms with Crippen LogP contribution in [0.2, 0.25) is 0 Å². The summed E-state index contributed by atoms with van der Waals surface area (Å²) in [4.78, 5) is 27.0. The minimum Gasteiger partial charge on any atom is -0.497 e. The van der Waals surface area contributed by atoms with Gasteiger partial charge in [-0.2, -0.15) is 5.10 Å². The van der Waals surface area contributed by atoms with Gasteiger partial charge in [-0.3, -0.25) is 9.59 Å². The maximum absolute atomic E-state index is 13.9. The monoisotopic (exact) mass is 676 g/mol. The molecule has 1 aliphatic heterocycles. The van der Waals surface area contributed by atoms with Crippen molar-refractivity contribution < 1.29 is 23.8 Å². The lowest BCUT2D eigenvalue weighted by molar-refractivity contribution is -0.130. The predicted molar refractivity (Wildman–Crippen MR) is 187 cm³/mol. The third-order valence-corrected chi connectivity index (χ3v) is 9.10. The molecular weight excluding hydrogens is 641 g/mol. The fourth-order valence-electron chi connectivity index (χ4n) is 5.54. The number of carbonyl (C=O) groups is 2. The minimum absolute atomic E-state index is 0.0759. The standard InChI is InChI=1S/C37H36N6O5S/c1-46-28-17-13-26(14-18-28)31-21-32(27-15-19-29(47-2)20-16-27)43(41-31)35(44)24-49-37-40-39-34(42(37)23-25-9-5-4-6-10-25)22-38-36(45)30-11-7-8-12-33(30)48-3/h4-20,32H,21-24H2,1-3H3,(H,38,45)/t32-/m0/s1. The highest BCUT2D eigenvalue weighted by molar-refractivity contribution is 7.99. The average Bonchev–Trinajstić information content (AvgIpc) is 3.78. The van der Waals surface area contributed by atoms with E-state index in [4.69, 9.17) is 19.3 Å². The van der Waals surface area contributed by atoms with Crippen molar-refractivity contribution in [3.8, 4) is 17.2 Å². The highest BCUT2D eigenvalue weighted by Crippen LogP contribution is 2.35. The second kappa shape index (κ2) is 15.5. The lowest BCUT2D eigenvalue weighted by Crippen LogP contribution is -2.28. The molecule has 1 aliphatic rings. The van der Waals surface area contributed by atoms with E-state index in [2.05, 4.69) is 15.5 Å². The van der Waals surface area contributed by atoms with Crippen molar-refractivity contribution in [2.45, 2.75) is 30.7 Å². The maximum atomic E-state index is 13.9. The molecule has 1 N–H and O–H groups in total. The van der Waals surface area contributed by atoms with E-state index < -0.39 is 0 Å². The summed E-state index contributed by atoms with van der Waals surface area (Å²) < 4.78 is 18.0. The van der Waals surface area contributed by atoms with Crippen molar-refractivity contribution in [2.24, 2.45) is 5.10 Å². The topological polar surface area (TPSA) is 120 Å². The summed E-state index contributed by atoms with van der Waals surface area (Å²) in [6, 6.07) is 32.0. The number of ether oxygens (including phenoxy) is 3. The quantitative estimate of drug-likeness (QED) is 0.157. The molecule has 250 valence electrons. The number of hydrogen-bond donors (Lipinski definition) is 1. The van der Waals surface area contributed by atoms with Crippen molar-refractivity contribution in [3.63, 3.8) is 0 Å². The predicted octanol–water partition coefficient (Wildman–Crippen LogP) is 5.75. The van der Waals surface area contributed by atoms with Crippen LogP contribution >= 0.6 is 11.8 Å². The van der Waals surface area contributed by atoms with Crippen LogP contribution in [0.15, 0.2) is 113 Å². The van der Waals surface area contributed by atoms with Crippen molar-refractivity contribution >= 4 is 29.3 Å². The summed E-state index contributed by atoms with van der Waals surface area (Å²) in [6.07, 6.45) is 0.551. The van der Waals surface area contributed by atoms with Gasteiger partial charge in [-0.25, -0.2) is 5.01 Å². The van der Waals surface area contributed by atoms with E-state index in [-0.39, 0.29) is 30.2 Å². The number of para-hydroxylation sites is 1. The van der Waals surface area contributed by atoms with E-state index in [0.717, 1.165) is 33.9 Å². The Balaban J connectivity index is 1.23. The van der Waals surface area contributed by atoms with E-state index in [0.29, 0.717) is 35.3 Å². The molecule has 5 aromatic rings. The van der Waals surface area contributed by atoms with Crippen molar-refractivity contribution in [2.75, 3.05) is 27.1 Å². The number of hydrogen-bond acceptors (Lipinski definition) is 9. The number of benzene rings is 4. The Labute approximate surface area is 288 Å². The van der Waals surface area contributed by atoms with Crippen LogP contribution < -0.4 is 19.5 Å². The molecule has 49 heavy (non-hydrogen) atoms. The van der Waals surface area contributed by atoms with Crippen LogP contribution in [-0.2, 0) is 17.9 Å². The van der Waals surface area contributed by atoms with Crippen molar-refractivity contribution in [1.82, 2.24) is 25.1 Å². The Morgan fingerprint density at radius 2 is 1.49 bits per heavy atom.